The highest BCUT2D eigenvalue weighted by molar-refractivity contribution is 9.10. The lowest BCUT2D eigenvalue weighted by Gasteiger charge is -2.15. The summed E-state index contributed by atoms with van der Waals surface area (Å²) in [4.78, 5) is 24.3. The highest BCUT2D eigenvalue weighted by atomic mass is 79.9. The van der Waals surface area contributed by atoms with Crippen LogP contribution < -0.4 is 9.62 Å². The summed E-state index contributed by atoms with van der Waals surface area (Å²) in [6, 6.07) is 9.75. The minimum atomic E-state index is -3.70. The van der Waals surface area contributed by atoms with Crippen LogP contribution in [0.4, 0.5) is 15.8 Å². The van der Waals surface area contributed by atoms with Gasteiger partial charge in [0.15, 0.2) is 0 Å². The fourth-order valence-corrected chi connectivity index (χ4v) is 4.77. The zero-order valence-corrected chi connectivity index (χ0v) is 16.0. The molecule has 1 unspecified atom stereocenters. The zero-order chi connectivity index (χ0) is 19.1. The van der Waals surface area contributed by atoms with E-state index < -0.39 is 33.6 Å². The Morgan fingerprint density at radius 1 is 1.23 bits per heavy atom. The number of hydrogen-bond donors (Lipinski definition) is 1. The maximum atomic E-state index is 13.8. The van der Waals surface area contributed by atoms with Gasteiger partial charge >= 0.3 is 0 Å². The van der Waals surface area contributed by atoms with E-state index in [-0.39, 0.29) is 22.7 Å². The highest BCUT2D eigenvalue weighted by Gasteiger charge is 2.41. The minimum absolute atomic E-state index is 0.0217. The maximum absolute atomic E-state index is 13.8. The standard InChI is InChI=1S/C17H14BrFN2O4S/c1-10-9-26(24,25)21(17(10)23)13-5-2-11(3-6-13)16(22)20-15-7-4-12(18)8-14(15)19/h2-8,10H,9H2,1H3,(H,20,22). The third-order valence-corrected chi connectivity index (χ3v) is 6.27. The predicted molar refractivity (Wildman–Crippen MR) is 98.9 cm³/mol. The van der Waals surface area contributed by atoms with Gasteiger partial charge in [0.05, 0.1) is 23.0 Å². The van der Waals surface area contributed by atoms with Crippen molar-refractivity contribution >= 4 is 49.1 Å². The van der Waals surface area contributed by atoms with Gasteiger partial charge in [0, 0.05) is 10.0 Å². The van der Waals surface area contributed by atoms with Crippen LogP contribution in [-0.4, -0.2) is 26.0 Å². The quantitative estimate of drug-likeness (QED) is 0.794. The summed E-state index contributed by atoms with van der Waals surface area (Å²) >= 11 is 3.13. The van der Waals surface area contributed by atoms with E-state index in [1.807, 2.05) is 0 Å². The number of carbonyl (C=O) groups is 2. The number of halogens is 2. The van der Waals surface area contributed by atoms with Crippen LogP contribution in [0.15, 0.2) is 46.9 Å². The molecule has 0 bridgehead atoms. The molecule has 1 heterocycles. The van der Waals surface area contributed by atoms with E-state index in [1.54, 1.807) is 13.0 Å². The Labute approximate surface area is 158 Å². The van der Waals surface area contributed by atoms with Crippen LogP contribution >= 0.6 is 15.9 Å². The normalized spacial score (nSPS) is 18.8. The molecule has 2 aromatic rings. The van der Waals surface area contributed by atoms with Crippen molar-refractivity contribution in [3.05, 3.63) is 58.3 Å². The Balaban J connectivity index is 1.81. The van der Waals surface area contributed by atoms with Crippen LogP contribution in [0.25, 0.3) is 0 Å². The van der Waals surface area contributed by atoms with Crippen molar-refractivity contribution in [3.63, 3.8) is 0 Å². The highest BCUT2D eigenvalue weighted by Crippen LogP contribution is 2.28. The Bertz CT molecular complexity index is 992. The second-order valence-electron chi connectivity index (χ2n) is 5.91. The molecule has 2 amide bonds. The molecule has 1 N–H and O–H groups in total. The molecule has 1 aliphatic rings. The fourth-order valence-electron chi connectivity index (χ4n) is 2.62. The van der Waals surface area contributed by atoms with Crippen molar-refractivity contribution in [3.8, 4) is 0 Å². The molecular weight excluding hydrogens is 427 g/mol. The van der Waals surface area contributed by atoms with E-state index in [2.05, 4.69) is 21.2 Å². The van der Waals surface area contributed by atoms with Gasteiger partial charge in [0.25, 0.3) is 5.91 Å². The van der Waals surface area contributed by atoms with Gasteiger partial charge in [-0.25, -0.2) is 17.1 Å². The first kappa shape index (κ1) is 18.5. The number of nitrogens with one attached hydrogen (secondary N) is 1. The number of benzene rings is 2. The van der Waals surface area contributed by atoms with Crippen LogP contribution in [-0.2, 0) is 14.8 Å². The second-order valence-corrected chi connectivity index (χ2v) is 8.69. The summed E-state index contributed by atoms with van der Waals surface area (Å²) in [5.74, 6) is -2.49. The Hall–Kier alpha value is -2.26. The molecule has 0 aliphatic carbocycles. The van der Waals surface area contributed by atoms with Gasteiger partial charge in [-0.05, 0) is 42.5 Å². The number of nitrogens with zero attached hydrogens (tertiary/aromatic N) is 1. The van der Waals surface area contributed by atoms with Crippen molar-refractivity contribution in [2.75, 3.05) is 15.4 Å². The molecule has 0 radical (unpaired) electrons. The topological polar surface area (TPSA) is 83.6 Å². The lowest BCUT2D eigenvalue weighted by atomic mass is 10.1. The van der Waals surface area contributed by atoms with Crippen LogP contribution in [0.5, 0.6) is 0 Å². The van der Waals surface area contributed by atoms with Gasteiger partial charge in [-0.3, -0.25) is 9.59 Å². The predicted octanol–water partition coefficient (Wildman–Crippen LogP) is 3.15. The second kappa shape index (κ2) is 6.81. The van der Waals surface area contributed by atoms with E-state index >= 15 is 0 Å². The van der Waals surface area contributed by atoms with Gasteiger partial charge in [-0.2, -0.15) is 0 Å². The Morgan fingerprint density at radius 2 is 1.88 bits per heavy atom. The lowest BCUT2D eigenvalue weighted by molar-refractivity contribution is -0.119. The van der Waals surface area contributed by atoms with Crippen LogP contribution in [0.3, 0.4) is 0 Å². The van der Waals surface area contributed by atoms with Crippen LogP contribution in [0.2, 0.25) is 0 Å². The van der Waals surface area contributed by atoms with E-state index in [0.717, 1.165) is 4.31 Å². The van der Waals surface area contributed by atoms with Crippen molar-refractivity contribution < 1.29 is 22.4 Å². The monoisotopic (exact) mass is 440 g/mol. The van der Waals surface area contributed by atoms with E-state index in [0.29, 0.717) is 4.47 Å². The van der Waals surface area contributed by atoms with Crippen molar-refractivity contribution in [2.45, 2.75) is 6.92 Å². The molecule has 0 aromatic heterocycles. The molecule has 9 heteroatoms. The summed E-state index contributed by atoms with van der Waals surface area (Å²) < 4.78 is 39.3. The third-order valence-electron chi connectivity index (χ3n) is 3.90. The van der Waals surface area contributed by atoms with Gasteiger partial charge < -0.3 is 5.32 Å². The van der Waals surface area contributed by atoms with Crippen LogP contribution in [0.1, 0.15) is 17.3 Å². The molecule has 136 valence electrons. The van der Waals surface area contributed by atoms with Crippen molar-refractivity contribution in [1.82, 2.24) is 0 Å². The number of carbonyl (C=O) groups excluding carboxylic acids is 2. The number of sulfonamides is 1. The Morgan fingerprint density at radius 3 is 2.42 bits per heavy atom. The van der Waals surface area contributed by atoms with E-state index in [1.165, 1.54) is 36.4 Å². The lowest BCUT2D eigenvalue weighted by Crippen LogP contribution is -2.30. The summed E-state index contributed by atoms with van der Waals surface area (Å²) in [5, 5.41) is 2.44. The molecule has 1 aliphatic heterocycles. The molecule has 0 saturated carbocycles. The number of hydrogen-bond acceptors (Lipinski definition) is 4. The summed E-state index contributed by atoms with van der Waals surface area (Å²) in [5.41, 5.74) is 0.396. The van der Waals surface area contributed by atoms with Gasteiger partial charge in [0.2, 0.25) is 15.9 Å². The van der Waals surface area contributed by atoms with E-state index in [4.69, 9.17) is 0 Å². The first-order valence-corrected chi connectivity index (χ1v) is 10.0. The number of anilines is 2. The summed E-state index contributed by atoms with van der Waals surface area (Å²) in [7, 11) is -3.70. The van der Waals surface area contributed by atoms with Crippen molar-refractivity contribution in [1.29, 1.82) is 0 Å². The molecule has 1 saturated heterocycles. The summed E-state index contributed by atoms with van der Waals surface area (Å²) in [6.07, 6.45) is 0. The third kappa shape index (κ3) is 3.49. The Kier molecular flexibility index (Phi) is 4.85. The minimum Gasteiger partial charge on any atom is -0.319 e. The summed E-state index contributed by atoms with van der Waals surface area (Å²) in [6.45, 7) is 1.55. The average molecular weight is 441 g/mol. The molecule has 3 rings (SSSR count). The maximum Gasteiger partial charge on any atom is 0.255 e. The van der Waals surface area contributed by atoms with Gasteiger partial charge in [0.1, 0.15) is 5.82 Å². The largest absolute Gasteiger partial charge is 0.319 e. The molecule has 1 atom stereocenters. The fraction of sp³-hybridized carbons (Fsp3) is 0.176. The van der Waals surface area contributed by atoms with E-state index in [9.17, 15) is 22.4 Å². The first-order chi connectivity index (χ1) is 12.2. The number of rotatable bonds is 3. The molecule has 1 fully saturated rings. The molecule has 26 heavy (non-hydrogen) atoms. The van der Waals surface area contributed by atoms with Crippen molar-refractivity contribution in [2.24, 2.45) is 5.92 Å². The molecule has 0 spiro atoms. The number of amides is 2. The molecule has 2 aromatic carbocycles. The zero-order valence-electron chi connectivity index (χ0n) is 13.6. The average Bonchev–Trinajstić information content (AvgIpc) is 2.77. The van der Waals surface area contributed by atoms with Gasteiger partial charge in [-0.1, -0.05) is 22.9 Å². The van der Waals surface area contributed by atoms with Crippen LogP contribution in [0, 0.1) is 11.7 Å². The smallest absolute Gasteiger partial charge is 0.255 e. The first-order valence-electron chi connectivity index (χ1n) is 7.62. The SMILES string of the molecule is CC1CS(=O)(=O)N(c2ccc(C(=O)Nc3ccc(Br)cc3F)cc2)C1=O. The van der Waals surface area contributed by atoms with Gasteiger partial charge in [-0.15, -0.1) is 0 Å². The molecular formula is C17H14BrFN2O4S. The molecule has 6 nitrogen and oxygen atoms in total.